The average molecular weight is 329 g/mol. The molecule has 0 radical (unpaired) electrons. The average Bonchev–Trinajstić information content (AvgIpc) is 3.18. The van der Waals surface area contributed by atoms with Crippen LogP contribution in [0.1, 0.15) is 24.0 Å². The third-order valence-corrected chi connectivity index (χ3v) is 4.64. The van der Waals surface area contributed by atoms with Gasteiger partial charge in [-0.25, -0.2) is 4.98 Å². The third kappa shape index (κ3) is 4.01. The van der Waals surface area contributed by atoms with E-state index in [2.05, 4.69) is 10.3 Å². The van der Waals surface area contributed by atoms with Gasteiger partial charge in [0.25, 0.3) is 0 Å². The highest BCUT2D eigenvalue weighted by Gasteiger charge is 2.34. The fourth-order valence-electron chi connectivity index (χ4n) is 3.43. The van der Waals surface area contributed by atoms with Crippen molar-refractivity contribution in [3.63, 3.8) is 0 Å². The minimum absolute atomic E-state index is 0.0809. The summed E-state index contributed by atoms with van der Waals surface area (Å²) in [5, 5.41) is 22.5. The molecule has 128 valence electrons. The Labute approximate surface area is 141 Å². The van der Waals surface area contributed by atoms with Crippen molar-refractivity contribution in [2.75, 3.05) is 0 Å². The second-order valence-electron chi connectivity index (χ2n) is 6.44. The summed E-state index contributed by atoms with van der Waals surface area (Å²) < 4.78 is 2.00. The fraction of sp³-hybridized carbons (Fsp3) is 0.444. The molecule has 3 rings (SSSR count). The SMILES string of the molecule is O=C(Cc1ccccc1CO)N[C@@H]1CC(Cn2ccnc2)C[C@H]1O. The van der Waals surface area contributed by atoms with E-state index in [1.807, 2.05) is 35.0 Å². The molecule has 0 aliphatic heterocycles. The number of nitrogens with one attached hydrogen (secondary N) is 1. The number of nitrogens with zero attached hydrogens (tertiary/aromatic N) is 2. The Balaban J connectivity index is 1.54. The molecule has 1 aromatic heterocycles. The van der Waals surface area contributed by atoms with Crippen LogP contribution >= 0.6 is 0 Å². The summed E-state index contributed by atoms with van der Waals surface area (Å²) in [6, 6.07) is 7.14. The number of carbonyl (C=O) groups is 1. The van der Waals surface area contributed by atoms with Gasteiger partial charge in [0, 0.05) is 18.9 Å². The van der Waals surface area contributed by atoms with Crippen molar-refractivity contribution < 1.29 is 15.0 Å². The molecule has 3 atom stereocenters. The smallest absolute Gasteiger partial charge is 0.224 e. The zero-order chi connectivity index (χ0) is 16.9. The minimum Gasteiger partial charge on any atom is -0.392 e. The van der Waals surface area contributed by atoms with Gasteiger partial charge in [0.2, 0.25) is 5.91 Å². The minimum atomic E-state index is -0.518. The third-order valence-electron chi connectivity index (χ3n) is 4.64. The zero-order valence-corrected chi connectivity index (χ0v) is 13.5. The maximum Gasteiger partial charge on any atom is 0.224 e. The van der Waals surface area contributed by atoms with Crippen molar-refractivity contribution in [3.8, 4) is 0 Å². The van der Waals surface area contributed by atoms with Crippen LogP contribution in [0.25, 0.3) is 0 Å². The topological polar surface area (TPSA) is 87.4 Å². The van der Waals surface area contributed by atoms with Crippen molar-refractivity contribution in [2.24, 2.45) is 5.92 Å². The van der Waals surface area contributed by atoms with Gasteiger partial charge in [0.05, 0.1) is 31.5 Å². The summed E-state index contributed by atoms with van der Waals surface area (Å²) in [7, 11) is 0. The second-order valence-corrected chi connectivity index (χ2v) is 6.44. The standard InChI is InChI=1S/C18H23N3O3/c22-11-15-4-2-1-3-14(15)9-18(24)20-16-7-13(8-17(16)23)10-21-6-5-19-12-21/h1-6,12-13,16-17,22-23H,7-11H2,(H,20,24)/t13?,16-,17-/m1/s1. The molecule has 24 heavy (non-hydrogen) atoms. The number of benzene rings is 1. The lowest BCUT2D eigenvalue weighted by atomic mass is 10.0. The van der Waals surface area contributed by atoms with E-state index in [-0.39, 0.29) is 25.0 Å². The van der Waals surface area contributed by atoms with Crippen LogP contribution in [0.15, 0.2) is 43.0 Å². The highest BCUT2D eigenvalue weighted by atomic mass is 16.3. The van der Waals surface area contributed by atoms with Crippen LogP contribution < -0.4 is 5.32 Å². The predicted molar refractivity (Wildman–Crippen MR) is 89.0 cm³/mol. The first kappa shape index (κ1) is 16.7. The molecule has 1 saturated carbocycles. The molecule has 1 aliphatic carbocycles. The number of imidazole rings is 1. The quantitative estimate of drug-likeness (QED) is 0.734. The summed E-state index contributed by atoms with van der Waals surface area (Å²) in [6.45, 7) is 0.721. The van der Waals surface area contributed by atoms with Gasteiger partial charge in [-0.2, -0.15) is 0 Å². The first-order valence-corrected chi connectivity index (χ1v) is 8.26. The number of aliphatic hydroxyl groups excluding tert-OH is 2. The molecule has 0 saturated heterocycles. The van der Waals surface area contributed by atoms with E-state index in [1.165, 1.54) is 0 Å². The molecule has 1 fully saturated rings. The van der Waals surface area contributed by atoms with Gasteiger partial charge in [-0.1, -0.05) is 24.3 Å². The van der Waals surface area contributed by atoms with E-state index < -0.39 is 6.10 Å². The van der Waals surface area contributed by atoms with Gasteiger partial charge in [0.15, 0.2) is 0 Å². The van der Waals surface area contributed by atoms with Gasteiger partial charge in [-0.15, -0.1) is 0 Å². The maximum absolute atomic E-state index is 12.3. The van der Waals surface area contributed by atoms with Crippen molar-refractivity contribution in [3.05, 3.63) is 54.1 Å². The van der Waals surface area contributed by atoms with Gasteiger partial charge < -0.3 is 20.1 Å². The Bertz CT molecular complexity index is 672. The highest BCUT2D eigenvalue weighted by Crippen LogP contribution is 2.27. The van der Waals surface area contributed by atoms with E-state index in [1.54, 1.807) is 12.5 Å². The number of amides is 1. The molecule has 3 N–H and O–H groups in total. The number of hydrogen-bond donors (Lipinski definition) is 3. The highest BCUT2D eigenvalue weighted by molar-refractivity contribution is 5.79. The van der Waals surface area contributed by atoms with Crippen molar-refractivity contribution >= 4 is 5.91 Å². The molecule has 0 spiro atoms. The van der Waals surface area contributed by atoms with Gasteiger partial charge in [0.1, 0.15) is 0 Å². The predicted octanol–water partition coefficient (Wildman–Crippen LogP) is 0.874. The molecular weight excluding hydrogens is 306 g/mol. The van der Waals surface area contributed by atoms with Gasteiger partial charge in [-0.05, 0) is 29.9 Å². The van der Waals surface area contributed by atoms with Gasteiger partial charge in [-0.3, -0.25) is 4.79 Å². The number of aliphatic hydroxyl groups is 2. The first-order valence-electron chi connectivity index (χ1n) is 8.26. The largest absolute Gasteiger partial charge is 0.392 e. The van der Waals surface area contributed by atoms with Crippen LogP contribution in [-0.2, 0) is 24.4 Å². The molecule has 6 heteroatoms. The van der Waals surface area contributed by atoms with Crippen LogP contribution in [0.3, 0.4) is 0 Å². The fourth-order valence-corrected chi connectivity index (χ4v) is 3.43. The van der Waals surface area contributed by atoms with Crippen molar-refractivity contribution in [1.82, 2.24) is 14.9 Å². The lowest BCUT2D eigenvalue weighted by Gasteiger charge is -2.17. The van der Waals surface area contributed by atoms with Crippen LogP contribution in [0.2, 0.25) is 0 Å². The van der Waals surface area contributed by atoms with Crippen LogP contribution in [0, 0.1) is 5.92 Å². The monoisotopic (exact) mass is 329 g/mol. The summed E-state index contributed by atoms with van der Waals surface area (Å²) >= 11 is 0. The zero-order valence-electron chi connectivity index (χ0n) is 13.5. The summed E-state index contributed by atoms with van der Waals surface area (Å²) in [4.78, 5) is 16.3. The van der Waals surface area contributed by atoms with E-state index in [0.29, 0.717) is 12.3 Å². The van der Waals surface area contributed by atoms with E-state index >= 15 is 0 Å². The molecule has 2 aromatic rings. The molecule has 0 bridgehead atoms. The number of hydrogen-bond acceptors (Lipinski definition) is 4. The second kappa shape index (κ2) is 7.59. The van der Waals surface area contributed by atoms with Crippen LogP contribution in [0.5, 0.6) is 0 Å². The Kier molecular flexibility index (Phi) is 5.27. The lowest BCUT2D eigenvalue weighted by Crippen LogP contribution is -2.40. The van der Waals surface area contributed by atoms with E-state index in [9.17, 15) is 15.0 Å². The number of carbonyl (C=O) groups excluding carboxylic acids is 1. The normalized spacial score (nSPS) is 23.3. The van der Waals surface area contributed by atoms with Gasteiger partial charge >= 0.3 is 0 Å². The summed E-state index contributed by atoms with van der Waals surface area (Å²) in [5.74, 6) is 0.201. The molecular formula is C18H23N3O3. The molecule has 1 aromatic carbocycles. The first-order chi connectivity index (χ1) is 11.7. The Morgan fingerprint density at radius 1 is 1.29 bits per heavy atom. The van der Waals surface area contributed by atoms with Crippen LogP contribution in [0.4, 0.5) is 0 Å². The maximum atomic E-state index is 12.3. The number of rotatable bonds is 6. The number of aromatic nitrogens is 2. The lowest BCUT2D eigenvalue weighted by molar-refractivity contribution is -0.121. The molecule has 1 unspecified atom stereocenters. The molecule has 6 nitrogen and oxygen atoms in total. The molecule has 1 heterocycles. The van der Waals surface area contributed by atoms with Crippen LogP contribution in [-0.4, -0.2) is 37.8 Å². The molecule has 1 aliphatic rings. The summed E-state index contributed by atoms with van der Waals surface area (Å²) in [6.07, 6.45) is 6.54. The van der Waals surface area contributed by atoms with Crippen molar-refractivity contribution in [2.45, 2.75) is 44.6 Å². The van der Waals surface area contributed by atoms with Crippen molar-refractivity contribution in [1.29, 1.82) is 0 Å². The molecule has 1 amide bonds. The summed E-state index contributed by atoms with van der Waals surface area (Å²) in [5.41, 5.74) is 1.58. The Hall–Kier alpha value is -2.18. The van der Waals surface area contributed by atoms with E-state index in [0.717, 1.165) is 24.1 Å². The Morgan fingerprint density at radius 3 is 2.79 bits per heavy atom. The Morgan fingerprint density at radius 2 is 2.08 bits per heavy atom. The van der Waals surface area contributed by atoms with E-state index in [4.69, 9.17) is 0 Å².